The Morgan fingerprint density at radius 1 is 1.29 bits per heavy atom. The minimum atomic E-state index is -0.995. The molecule has 0 amide bonds. The predicted molar refractivity (Wildman–Crippen MR) is 45.8 cm³/mol. The molecule has 80 valence electrons. The van der Waals surface area contributed by atoms with Gasteiger partial charge in [0.05, 0.1) is 6.10 Å². The summed E-state index contributed by atoms with van der Waals surface area (Å²) in [7, 11) is 0. The van der Waals surface area contributed by atoms with Crippen molar-refractivity contribution in [3.8, 4) is 0 Å². The topological polar surface area (TPSA) is 65.0 Å². The zero-order chi connectivity index (χ0) is 10.5. The molecule has 2 aliphatic rings. The van der Waals surface area contributed by atoms with E-state index >= 15 is 0 Å². The number of carbonyl (C=O) groups is 1. The van der Waals surface area contributed by atoms with Crippen molar-refractivity contribution >= 4 is 5.97 Å². The summed E-state index contributed by atoms with van der Waals surface area (Å²) in [4.78, 5) is 10.8. The fraction of sp³-hybridized carbons (Fsp3) is 0.889. The highest BCUT2D eigenvalue weighted by atomic mass is 16.8. The van der Waals surface area contributed by atoms with Crippen LogP contribution in [0.4, 0.5) is 0 Å². The van der Waals surface area contributed by atoms with E-state index in [2.05, 4.69) is 0 Å². The first kappa shape index (κ1) is 9.89. The van der Waals surface area contributed by atoms with Gasteiger partial charge in [0.15, 0.2) is 11.9 Å². The lowest BCUT2D eigenvalue weighted by Crippen LogP contribution is -2.35. The van der Waals surface area contributed by atoms with Crippen molar-refractivity contribution in [1.82, 2.24) is 0 Å². The van der Waals surface area contributed by atoms with E-state index in [1.807, 2.05) is 0 Å². The molecule has 2 aliphatic heterocycles. The number of hydrogen-bond donors (Lipinski definition) is 1. The molecule has 0 saturated carbocycles. The van der Waals surface area contributed by atoms with E-state index in [1.165, 1.54) is 0 Å². The van der Waals surface area contributed by atoms with Gasteiger partial charge in [-0.15, -0.1) is 0 Å². The largest absolute Gasteiger partial charge is 0.479 e. The molecule has 2 heterocycles. The molecule has 2 fully saturated rings. The van der Waals surface area contributed by atoms with Crippen molar-refractivity contribution in [2.24, 2.45) is 0 Å². The Kier molecular flexibility index (Phi) is 2.06. The van der Waals surface area contributed by atoms with Crippen molar-refractivity contribution in [2.45, 2.75) is 51.0 Å². The number of fused-ring (bicyclic) bond motifs is 1. The van der Waals surface area contributed by atoms with Crippen molar-refractivity contribution in [1.29, 1.82) is 0 Å². The molecule has 0 aromatic heterocycles. The maximum absolute atomic E-state index is 10.8. The predicted octanol–water partition coefficient (Wildman–Crippen LogP) is 0.378. The van der Waals surface area contributed by atoms with Crippen LogP contribution in [0.5, 0.6) is 0 Å². The fourth-order valence-corrected chi connectivity index (χ4v) is 2.00. The second-order valence-corrected chi connectivity index (χ2v) is 4.16. The van der Waals surface area contributed by atoms with Crippen molar-refractivity contribution < 1.29 is 24.1 Å². The maximum Gasteiger partial charge on any atom is 0.335 e. The Labute approximate surface area is 81.9 Å². The average molecular weight is 202 g/mol. The zero-order valence-corrected chi connectivity index (χ0v) is 8.39. The number of ether oxygens (including phenoxy) is 3. The summed E-state index contributed by atoms with van der Waals surface area (Å²) >= 11 is 0. The van der Waals surface area contributed by atoms with Gasteiger partial charge in [-0.3, -0.25) is 0 Å². The molecule has 0 spiro atoms. The average Bonchev–Trinajstić information content (AvgIpc) is 2.47. The Hall–Kier alpha value is -0.650. The summed E-state index contributed by atoms with van der Waals surface area (Å²) < 4.78 is 16.3. The van der Waals surface area contributed by atoms with Gasteiger partial charge in [-0.1, -0.05) is 0 Å². The molecular weight excluding hydrogens is 188 g/mol. The fourth-order valence-electron chi connectivity index (χ4n) is 2.00. The van der Waals surface area contributed by atoms with Crippen LogP contribution >= 0.6 is 0 Å². The van der Waals surface area contributed by atoms with Crippen LogP contribution in [-0.2, 0) is 19.0 Å². The molecule has 5 nitrogen and oxygen atoms in total. The number of rotatable bonds is 1. The van der Waals surface area contributed by atoms with Crippen molar-refractivity contribution in [3.63, 3.8) is 0 Å². The number of carboxylic acid groups (broad SMARTS) is 1. The van der Waals surface area contributed by atoms with E-state index in [4.69, 9.17) is 19.3 Å². The second kappa shape index (κ2) is 2.92. The Balaban J connectivity index is 2.19. The van der Waals surface area contributed by atoms with Crippen LogP contribution in [0.3, 0.4) is 0 Å². The first-order valence-electron chi connectivity index (χ1n) is 4.64. The van der Waals surface area contributed by atoms with Crippen LogP contribution in [0.25, 0.3) is 0 Å². The number of hydrogen-bond acceptors (Lipinski definition) is 4. The van der Waals surface area contributed by atoms with E-state index in [-0.39, 0.29) is 12.2 Å². The Morgan fingerprint density at radius 3 is 2.43 bits per heavy atom. The zero-order valence-electron chi connectivity index (χ0n) is 8.39. The molecule has 0 aromatic carbocycles. The molecule has 0 aliphatic carbocycles. The van der Waals surface area contributed by atoms with Gasteiger partial charge in [-0.2, -0.15) is 0 Å². The Bertz CT molecular complexity index is 262. The van der Waals surface area contributed by atoms with E-state index in [0.717, 1.165) is 0 Å². The van der Waals surface area contributed by atoms with Crippen LogP contribution in [0.15, 0.2) is 0 Å². The summed E-state index contributed by atoms with van der Waals surface area (Å²) in [5.41, 5.74) is 0. The quantitative estimate of drug-likeness (QED) is 0.665. The van der Waals surface area contributed by atoms with Gasteiger partial charge in [0.1, 0.15) is 12.2 Å². The first-order chi connectivity index (χ1) is 6.41. The van der Waals surface area contributed by atoms with Crippen molar-refractivity contribution in [3.05, 3.63) is 0 Å². The minimum Gasteiger partial charge on any atom is -0.479 e. The van der Waals surface area contributed by atoms with Crippen LogP contribution in [0, 0.1) is 0 Å². The summed E-state index contributed by atoms with van der Waals surface area (Å²) in [6.07, 6.45) is -1.90. The molecule has 0 bridgehead atoms. The Morgan fingerprint density at radius 2 is 1.86 bits per heavy atom. The van der Waals surface area contributed by atoms with Crippen LogP contribution in [0.1, 0.15) is 20.8 Å². The standard InChI is InChI=1S/C9H14O5/c1-4-5-6(7(12-4)8(10)11)14-9(2,3)13-5/h4-7H,1-3H3,(H,10,11)/t4-,5?,6-,7-/m0/s1. The number of carboxylic acids is 1. The highest BCUT2D eigenvalue weighted by molar-refractivity contribution is 5.73. The molecule has 0 aromatic rings. The van der Waals surface area contributed by atoms with Crippen LogP contribution in [0.2, 0.25) is 0 Å². The lowest BCUT2D eigenvalue weighted by molar-refractivity contribution is -0.192. The van der Waals surface area contributed by atoms with E-state index in [1.54, 1.807) is 20.8 Å². The summed E-state index contributed by atoms with van der Waals surface area (Å²) in [5, 5.41) is 8.89. The minimum absolute atomic E-state index is 0.233. The van der Waals surface area contributed by atoms with Crippen LogP contribution < -0.4 is 0 Å². The molecule has 2 rings (SSSR count). The van der Waals surface area contributed by atoms with Crippen molar-refractivity contribution in [2.75, 3.05) is 0 Å². The monoisotopic (exact) mass is 202 g/mol. The van der Waals surface area contributed by atoms with Gasteiger partial charge in [-0.25, -0.2) is 4.79 Å². The van der Waals surface area contributed by atoms with Gasteiger partial charge >= 0.3 is 5.97 Å². The lowest BCUT2D eigenvalue weighted by atomic mass is 10.1. The normalized spacial score (nSPS) is 45.1. The van der Waals surface area contributed by atoms with Crippen LogP contribution in [-0.4, -0.2) is 41.3 Å². The smallest absolute Gasteiger partial charge is 0.335 e. The summed E-state index contributed by atoms with van der Waals surface area (Å²) in [5.74, 6) is -1.70. The molecule has 4 atom stereocenters. The lowest BCUT2D eigenvalue weighted by Gasteiger charge is -2.21. The third-order valence-electron chi connectivity index (χ3n) is 2.53. The number of aliphatic carboxylic acids is 1. The van der Waals surface area contributed by atoms with Gasteiger partial charge in [-0.05, 0) is 20.8 Å². The van der Waals surface area contributed by atoms with Gasteiger partial charge in [0, 0.05) is 0 Å². The first-order valence-corrected chi connectivity index (χ1v) is 4.64. The van der Waals surface area contributed by atoms with E-state index in [9.17, 15) is 4.79 Å². The molecule has 1 N–H and O–H groups in total. The molecular formula is C9H14O5. The van der Waals surface area contributed by atoms with Gasteiger partial charge < -0.3 is 19.3 Å². The third kappa shape index (κ3) is 1.41. The van der Waals surface area contributed by atoms with E-state index in [0.29, 0.717) is 0 Å². The third-order valence-corrected chi connectivity index (χ3v) is 2.53. The SMILES string of the molecule is C[C@@H]1O[C@H](C(=O)O)[C@H]2OC(C)(C)OC12. The highest BCUT2D eigenvalue weighted by Crippen LogP contribution is 2.38. The second-order valence-electron chi connectivity index (χ2n) is 4.16. The van der Waals surface area contributed by atoms with Gasteiger partial charge in [0.25, 0.3) is 0 Å². The van der Waals surface area contributed by atoms with Gasteiger partial charge in [0.2, 0.25) is 0 Å². The summed E-state index contributed by atoms with van der Waals surface area (Å²) in [6, 6.07) is 0. The van der Waals surface area contributed by atoms with E-state index < -0.39 is 24.0 Å². The molecule has 14 heavy (non-hydrogen) atoms. The molecule has 1 unspecified atom stereocenters. The summed E-state index contributed by atoms with van der Waals surface area (Å²) in [6.45, 7) is 5.35. The highest BCUT2D eigenvalue weighted by Gasteiger charge is 2.56. The molecule has 2 saturated heterocycles. The molecule has 0 radical (unpaired) electrons. The maximum atomic E-state index is 10.8. The molecule has 5 heteroatoms.